The van der Waals surface area contributed by atoms with E-state index in [1.807, 2.05) is 42.4 Å². The van der Waals surface area contributed by atoms with Gasteiger partial charge in [-0.2, -0.15) is 0 Å². The molecule has 14 nitrogen and oxygen atoms in total. The summed E-state index contributed by atoms with van der Waals surface area (Å²) in [6, 6.07) is 13.4. The van der Waals surface area contributed by atoms with Crippen molar-refractivity contribution in [3.8, 4) is 0 Å². The smallest absolute Gasteiger partial charge is 0.256 e. The van der Waals surface area contributed by atoms with E-state index >= 15 is 0 Å². The highest BCUT2D eigenvalue weighted by atomic mass is 16.2. The molecule has 3 fully saturated rings. The van der Waals surface area contributed by atoms with Gasteiger partial charge in [0.15, 0.2) is 0 Å². The SMILES string of the molecule is CN(Cc1c(C=O)cccc1N1CCC(CCCN=C/C(=C\N)c2ccc(C(=O)NC3=CN4CC(C5CCCN5C)N=C4C=N3)cc2)CC1)C1CCC(=O)NC1=O. The summed E-state index contributed by atoms with van der Waals surface area (Å²) in [7, 11) is 4.04. The molecule has 5 aliphatic heterocycles. The van der Waals surface area contributed by atoms with Crippen LogP contribution in [-0.2, 0) is 16.1 Å². The van der Waals surface area contributed by atoms with Gasteiger partial charge in [-0.25, -0.2) is 4.99 Å². The lowest BCUT2D eigenvalue weighted by Gasteiger charge is -2.36. The first-order valence-electron chi connectivity index (χ1n) is 20.2. The molecule has 5 aliphatic rings. The second-order valence-corrected chi connectivity index (χ2v) is 15.8. The van der Waals surface area contributed by atoms with Gasteiger partial charge in [0.05, 0.1) is 18.3 Å². The molecule has 2 aromatic carbocycles. The van der Waals surface area contributed by atoms with E-state index in [4.69, 9.17) is 10.7 Å². The lowest BCUT2D eigenvalue weighted by molar-refractivity contribution is -0.137. The van der Waals surface area contributed by atoms with E-state index in [2.05, 4.69) is 48.4 Å². The molecular weight excluding hydrogens is 721 g/mol. The van der Waals surface area contributed by atoms with E-state index in [1.54, 1.807) is 24.6 Å². The second kappa shape index (κ2) is 18.2. The number of hydrogen-bond donors (Lipinski definition) is 3. The van der Waals surface area contributed by atoms with Crippen LogP contribution in [-0.4, -0.2) is 122 Å². The Labute approximate surface area is 334 Å². The Hall–Kier alpha value is -5.47. The molecule has 7 rings (SSSR count). The monoisotopic (exact) mass is 774 g/mol. The summed E-state index contributed by atoms with van der Waals surface area (Å²) in [5.74, 6) is 1.17. The van der Waals surface area contributed by atoms with Crippen LogP contribution in [0.15, 0.2) is 75.7 Å². The van der Waals surface area contributed by atoms with E-state index < -0.39 is 6.04 Å². The van der Waals surface area contributed by atoms with E-state index in [0.29, 0.717) is 54.8 Å². The van der Waals surface area contributed by atoms with Crippen LogP contribution in [0.4, 0.5) is 5.69 Å². The number of anilines is 1. The van der Waals surface area contributed by atoms with Crippen LogP contribution in [0.2, 0.25) is 0 Å². The fourth-order valence-corrected chi connectivity index (χ4v) is 8.76. The maximum absolute atomic E-state index is 13.1. The van der Waals surface area contributed by atoms with Gasteiger partial charge in [-0.05, 0) is 101 Å². The Morgan fingerprint density at radius 3 is 2.58 bits per heavy atom. The van der Waals surface area contributed by atoms with Gasteiger partial charge in [0.1, 0.15) is 17.9 Å². The number of carbonyl (C=O) groups excluding carboxylic acids is 4. The molecule has 3 unspecified atom stereocenters. The van der Waals surface area contributed by atoms with Crippen LogP contribution < -0.4 is 21.3 Å². The number of benzene rings is 2. The molecule has 3 saturated heterocycles. The maximum atomic E-state index is 13.1. The van der Waals surface area contributed by atoms with Crippen molar-refractivity contribution in [1.29, 1.82) is 0 Å². The maximum Gasteiger partial charge on any atom is 0.256 e. The zero-order valence-electron chi connectivity index (χ0n) is 33.0. The van der Waals surface area contributed by atoms with E-state index in [0.717, 1.165) is 92.8 Å². The fraction of sp³-hybridized carbons (Fsp3) is 0.465. The third-order valence-electron chi connectivity index (χ3n) is 12.0. The first-order chi connectivity index (χ1) is 27.7. The van der Waals surface area contributed by atoms with E-state index in [9.17, 15) is 19.2 Å². The van der Waals surface area contributed by atoms with Gasteiger partial charge in [-0.15, -0.1) is 0 Å². The normalized spacial score (nSPS) is 23.2. The van der Waals surface area contributed by atoms with Crippen molar-refractivity contribution in [3.63, 3.8) is 0 Å². The predicted octanol–water partition coefficient (Wildman–Crippen LogP) is 3.59. The summed E-state index contributed by atoms with van der Waals surface area (Å²) in [5, 5.41) is 5.37. The molecule has 0 spiro atoms. The number of amidine groups is 1. The second-order valence-electron chi connectivity index (χ2n) is 15.8. The molecule has 0 aliphatic carbocycles. The number of carbonyl (C=O) groups is 4. The number of nitrogens with one attached hydrogen (secondary N) is 2. The minimum Gasteiger partial charge on any atom is -0.404 e. The number of allylic oxidation sites excluding steroid dienone is 1. The van der Waals surface area contributed by atoms with Crippen molar-refractivity contribution in [3.05, 3.63) is 82.9 Å². The molecule has 0 bridgehead atoms. The first kappa shape index (κ1) is 39.8. The predicted molar refractivity (Wildman–Crippen MR) is 223 cm³/mol. The van der Waals surface area contributed by atoms with Crippen LogP contribution in [0.1, 0.15) is 83.2 Å². The summed E-state index contributed by atoms with van der Waals surface area (Å²) in [5.41, 5.74) is 10.7. The van der Waals surface area contributed by atoms with E-state index in [1.165, 1.54) is 12.6 Å². The molecule has 300 valence electrons. The number of aldehydes is 1. The lowest BCUT2D eigenvalue weighted by atomic mass is 9.91. The fourth-order valence-electron chi connectivity index (χ4n) is 8.76. The Bertz CT molecular complexity index is 1980. The third-order valence-corrected chi connectivity index (χ3v) is 12.0. The van der Waals surface area contributed by atoms with Crippen molar-refractivity contribution >= 4 is 53.5 Å². The van der Waals surface area contributed by atoms with Gasteiger partial charge in [-0.1, -0.05) is 24.3 Å². The number of imide groups is 1. The molecule has 5 heterocycles. The summed E-state index contributed by atoms with van der Waals surface area (Å²) in [6.45, 7) is 4.80. The van der Waals surface area contributed by atoms with Crippen molar-refractivity contribution < 1.29 is 19.2 Å². The topological polar surface area (TPSA) is 168 Å². The Kier molecular flexibility index (Phi) is 12.7. The molecule has 57 heavy (non-hydrogen) atoms. The Morgan fingerprint density at radius 1 is 1.07 bits per heavy atom. The van der Waals surface area contributed by atoms with E-state index in [-0.39, 0.29) is 23.8 Å². The van der Waals surface area contributed by atoms with Gasteiger partial charge < -0.3 is 25.8 Å². The summed E-state index contributed by atoms with van der Waals surface area (Å²) < 4.78 is 0. The Balaban J connectivity index is 0.848. The van der Waals surface area contributed by atoms with Gasteiger partial charge in [-0.3, -0.25) is 39.4 Å². The van der Waals surface area contributed by atoms with Crippen LogP contribution in [0.25, 0.3) is 5.57 Å². The number of nitrogens with two attached hydrogens (primary N) is 1. The highest BCUT2D eigenvalue weighted by Crippen LogP contribution is 2.32. The molecule has 0 aromatic heterocycles. The quantitative estimate of drug-likeness (QED) is 0.113. The number of hydrogen-bond acceptors (Lipinski definition) is 12. The van der Waals surface area contributed by atoms with Gasteiger partial charge in [0.2, 0.25) is 11.8 Å². The molecule has 0 radical (unpaired) electrons. The largest absolute Gasteiger partial charge is 0.404 e. The summed E-state index contributed by atoms with van der Waals surface area (Å²) >= 11 is 0. The molecule has 0 saturated carbocycles. The number of piperidine rings is 2. The van der Waals surface area contributed by atoms with Crippen molar-refractivity contribution in [2.45, 2.75) is 76.0 Å². The number of rotatable bonds is 14. The molecule has 4 N–H and O–H groups in total. The number of aliphatic imine (C=N–C) groups is 3. The highest BCUT2D eigenvalue weighted by Gasteiger charge is 2.36. The van der Waals surface area contributed by atoms with Crippen LogP contribution >= 0.6 is 0 Å². The number of fused-ring (bicyclic) bond motifs is 1. The minimum atomic E-state index is -0.410. The third kappa shape index (κ3) is 9.40. The minimum absolute atomic E-state index is 0.209. The van der Waals surface area contributed by atoms with Gasteiger partial charge in [0.25, 0.3) is 5.91 Å². The zero-order valence-corrected chi connectivity index (χ0v) is 33.0. The van der Waals surface area contributed by atoms with Crippen molar-refractivity contribution in [1.82, 2.24) is 25.3 Å². The zero-order chi connectivity index (χ0) is 39.9. The number of nitrogens with zero attached hydrogens (tertiary/aromatic N) is 7. The average molecular weight is 775 g/mol. The average Bonchev–Trinajstić information content (AvgIpc) is 3.85. The molecule has 2 aromatic rings. The lowest BCUT2D eigenvalue weighted by Crippen LogP contribution is -2.51. The van der Waals surface area contributed by atoms with Crippen molar-refractivity contribution in [2.24, 2.45) is 26.6 Å². The Morgan fingerprint density at radius 2 is 1.86 bits per heavy atom. The number of likely N-dealkylation sites (tertiary alicyclic amines) is 1. The summed E-state index contributed by atoms with van der Waals surface area (Å²) in [4.78, 5) is 72.1. The summed E-state index contributed by atoms with van der Waals surface area (Å²) in [6.07, 6.45) is 15.1. The first-order valence-corrected chi connectivity index (χ1v) is 20.2. The molecule has 14 heteroatoms. The molecular formula is C43H54N10O4. The van der Waals surface area contributed by atoms with Gasteiger partial charge >= 0.3 is 0 Å². The van der Waals surface area contributed by atoms with Crippen LogP contribution in [0.3, 0.4) is 0 Å². The van der Waals surface area contributed by atoms with Gasteiger partial charge in [0, 0.05) is 86.2 Å². The van der Waals surface area contributed by atoms with Crippen LogP contribution in [0.5, 0.6) is 0 Å². The number of likely N-dealkylation sites (N-methyl/N-ethyl adjacent to an activating group) is 2. The molecule has 3 amide bonds. The molecule has 3 atom stereocenters. The van der Waals surface area contributed by atoms with Crippen LogP contribution in [0, 0.1) is 5.92 Å². The highest BCUT2D eigenvalue weighted by molar-refractivity contribution is 6.31. The standard InChI is InChI=1S/C43H54N10O4/c1-50-19-5-9-37(50)35-26-53-27-39(46-24-40(53)47-35)48-42(56)31-12-10-30(11-13-31)33(22-44)23-45-18-4-6-29-16-20-52(21-17-29)36-8-3-7-32(28-54)34(36)25-51(2)38-14-15-41(55)49-43(38)57/h3,7-8,10-13,22-24,27-29,35,37-38H,4-6,9,14-21,25-26,44H2,1-2H3,(H,48,56)(H,49,55,57)/b33-22+,45-23?. The van der Waals surface area contributed by atoms with Crippen molar-refractivity contribution in [2.75, 3.05) is 51.7 Å². The number of amides is 3.